The van der Waals surface area contributed by atoms with Gasteiger partial charge >= 0.3 is 0 Å². The molecule has 0 aliphatic carbocycles. The number of rotatable bonds is 5. The first-order chi connectivity index (χ1) is 18.0. The first-order valence-electron chi connectivity index (χ1n) is 12.2. The summed E-state index contributed by atoms with van der Waals surface area (Å²) in [5.41, 5.74) is 4.68. The number of piperazine rings is 1. The minimum absolute atomic E-state index is 0.0591. The van der Waals surface area contributed by atoms with E-state index in [1.54, 1.807) is 12.4 Å². The highest BCUT2D eigenvalue weighted by atomic mass is 19.1. The van der Waals surface area contributed by atoms with Crippen LogP contribution < -0.4 is 20.5 Å². The summed E-state index contributed by atoms with van der Waals surface area (Å²) in [6, 6.07) is 10.9. The molecule has 0 amide bonds. The molecule has 1 fully saturated rings. The van der Waals surface area contributed by atoms with Gasteiger partial charge in [0, 0.05) is 32.4 Å². The highest BCUT2D eigenvalue weighted by Crippen LogP contribution is 2.42. The van der Waals surface area contributed by atoms with E-state index in [0.717, 1.165) is 18.7 Å². The summed E-state index contributed by atoms with van der Waals surface area (Å²) in [6.07, 6.45) is 3.40. The van der Waals surface area contributed by atoms with Crippen molar-refractivity contribution in [2.24, 2.45) is 5.10 Å². The van der Waals surface area contributed by atoms with E-state index in [2.05, 4.69) is 37.7 Å². The van der Waals surface area contributed by atoms with Crippen LogP contribution in [-0.2, 0) is 0 Å². The van der Waals surface area contributed by atoms with E-state index >= 15 is 4.39 Å². The molecule has 2 aromatic heterocycles. The van der Waals surface area contributed by atoms with Crippen molar-refractivity contribution in [3.8, 4) is 17.1 Å². The van der Waals surface area contributed by atoms with Gasteiger partial charge < -0.3 is 19.1 Å². The van der Waals surface area contributed by atoms with Crippen molar-refractivity contribution in [2.45, 2.75) is 13.0 Å². The molecule has 0 radical (unpaired) electrons. The van der Waals surface area contributed by atoms with Gasteiger partial charge in [-0.3, -0.25) is 9.89 Å². The number of hydrazone groups is 1. The Balaban J connectivity index is 1.39. The van der Waals surface area contributed by atoms with Crippen molar-refractivity contribution >= 4 is 28.8 Å². The van der Waals surface area contributed by atoms with Crippen LogP contribution in [0.5, 0.6) is 5.75 Å². The molecule has 11 heteroatoms. The van der Waals surface area contributed by atoms with Crippen molar-refractivity contribution < 1.29 is 9.13 Å². The molecule has 0 saturated carbocycles. The van der Waals surface area contributed by atoms with Crippen LogP contribution in [0.25, 0.3) is 22.3 Å². The quantitative estimate of drug-likeness (QED) is 0.319. The third-order valence-electron chi connectivity index (χ3n) is 6.88. The predicted octanol–water partition coefficient (Wildman–Crippen LogP) is 3.08. The van der Waals surface area contributed by atoms with E-state index < -0.39 is 5.82 Å². The number of nitrogens with zero attached hydrogens (tertiary/aromatic N) is 6. The number of ether oxygens (including phenoxy) is 1. The molecule has 37 heavy (non-hydrogen) atoms. The van der Waals surface area contributed by atoms with Gasteiger partial charge in [0.1, 0.15) is 12.3 Å². The summed E-state index contributed by atoms with van der Waals surface area (Å²) in [6.45, 7) is 5.40. The van der Waals surface area contributed by atoms with Crippen LogP contribution in [0.15, 0.2) is 52.5 Å². The minimum atomic E-state index is -0.461. The van der Waals surface area contributed by atoms with E-state index in [4.69, 9.17) is 4.74 Å². The van der Waals surface area contributed by atoms with Crippen LogP contribution in [0.3, 0.4) is 0 Å². The molecule has 10 nitrogen and oxygen atoms in total. The van der Waals surface area contributed by atoms with E-state index in [9.17, 15) is 4.79 Å². The molecule has 1 atom stereocenters. The minimum Gasteiger partial charge on any atom is -0.487 e. The van der Waals surface area contributed by atoms with E-state index in [-0.39, 0.29) is 28.6 Å². The monoisotopic (exact) mass is 502 g/mol. The number of aromatic amines is 1. The third-order valence-corrected chi connectivity index (χ3v) is 6.88. The summed E-state index contributed by atoms with van der Waals surface area (Å²) < 4.78 is 23.6. The standard InChI is InChI=1S/C26H27FN8O2/c1-16-15-37-24-21-18(12-20(27)22(24)34-10-8-33(2)9-11-34)23(36)19(14-35(16)21)25-29-26(32-30-25)31-28-13-17-6-4-3-5-7-17/h3-7,12-14,16H,8-11,15H2,1-2H3,(H2,29,30,31,32)/b28-13+. The Morgan fingerprint density at radius 3 is 2.78 bits per heavy atom. The van der Waals surface area contributed by atoms with Crippen LogP contribution in [0.2, 0.25) is 0 Å². The van der Waals surface area contributed by atoms with E-state index in [0.29, 0.717) is 42.2 Å². The number of anilines is 2. The van der Waals surface area contributed by atoms with Gasteiger partial charge in [0.2, 0.25) is 5.43 Å². The molecule has 2 aromatic carbocycles. The maximum atomic E-state index is 15.6. The molecule has 2 aliphatic heterocycles. The summed E-state index contributed by atoms with van der Waals surface area (Å²) in [7, 11) is 2.05. The first-order valence-corrected chi connectivity index (χ1v) is 12.2. The highest BCUT2D eigenvalue weighted by molar-refractivity contribution is 5.94. The molecule has 2 N–H and O–H groups in total. The van der Waals surface area contributed by atoms with E-state index in [1.807, 2.05) is 46.7 Å². The number of aromatic nitrogens is 4. The second-order valence-electron chi connectivity index (χ2n) is 9.45. The second kappa shape index (κ2) is 9.32. The van der Waals surface area contributed by atoms with Crippen LogP contribution in [0.4, 0.5) is 16.0 Å². The van der Waals surface area contributed by atoms with Crippen LogP contribution in [0.1, 0.15) is 18.5 Å². The van der Waals surface area contributed by atoms with Crippen molar-refractivity contribution in [3.05, 3.63) is 64.2 Å². The smallest absolute Gasteiger partial charge is 0.262 e. The van der Waals surface area contributed by atoms with Gasteiger partial charge in [0.05, 0.1) is 28.7 Å². The lowest BCUT2D eigenvalue weighted by Gasteiger charge is -2.37. The Hall–Kier alpha value is -4.25. The number of benzene rings is 2. The normalized spacial score (nSPS) is 17.9. The lowest BCUT2D eigenvalue weighted by molar-refractivity contribution is 0.245. The number of halogens is 1. The second-order valence-corrected chi connectivity index (χ2v) is 9.45. The fraction of sp³-hybridized carbons (Fsp3) is 0.308. The number of H-pyrrole nitrogens is 1. The Kier molecular flexibility index (Phi) is 5.84. The van der Waals surface area contributed by atoms with Crippen molar-refractivity contribution in [1.29, 1.82) is 0 Å². The zero-order valence-corrected chi connectivity index (χ0v) is 20.6. The molecular weight excluding hydrogens is 475 g/mol. The Bertz CT molecular complexity index is 1540. The zero-order valence-electron chi connectivity index (χ0n) is 20.6. The number of nitrogens with one attached hydrogen (secondary N) is 2. The summed E-state index contributed by atoms with van der Waals surface area (Å²) in [5, 5.41) is 11.3. The van der Waals surface area contributed by atoms with E-state index in [1.165, 1.54) is 6.07 Å². The number of pyridine rings is 1. The van der Waals surface area contributed by atoms with Crippen molar-refractivity contribution in [2.75, 3.05) is 50.2 Å². The SMILES string of the molecule is CC1COc2c(N3CCN(C)CC3)c(F)cc3c(=O)c(-c4nc(N/N=C/c5ccccc5)n[nH]4)cn1c23. The molecule has 0 bridgehead atoms. The molecule has 2 aliphatic rings. The van der Waals surface area contributed by atoms with Gasteiger partial charge in [0.25, 0.3) is 5.95 Å². The molecule has 1 unspecified atom stereocenters. The fourth-order valence-corrected chi connectivity index (χ4v) is 4.84. The summed E-state index contributed by atoms with van der Waals surface area (Å²) >= 11 is 0. The molecule has 6 rings (SSSR count). The molecule has 4 aromatic rings. The molecule has 0 spiro atoms. The number of hydrogen-bond donors (Lipinski definition) is 2. The Labute approximate surface area is 212 Å². The molecular formula is C26H27FN8O2. The van der Waals surface area contributed by atoms with Gasteiger partial charge in [0.15, 0.2) is 17.4 Å². The molecule has 4 heterocycles. The van der Waals surface area contributed by atoms with Crippen molar-refractivity contribution in [1.82, 2.24) is 24.6 Å². The van der Waals surface area contributed by atoms with Gasteiger partial charge in [-0.15, -0.1) is 5.10 Å². The van der Waals surface area contributed by atoms with Gasteiger partial charge in [-0.25, -0.2) is 9.82 Å². The maximum absolute atomic E-state index is 15.6. The Morgan fingerprint density at radius 1 is 1.22 bits per heavy atom. The first kappa shape index (κ1) is 23.2. The lowest BCUT2D eigenvalue weighted by atomic mass is 10.0. The average Bonchev–Trinajstić information content (AvgIpc) is 3.37. The van der Waals surface area contributed by atoms with Gasteiger partial charge in [-0.1, -0.05) is 30.3 Å². The average molecular weight is 503 g/mol. The van der Waals surface area contributed by atoms with Crippen LogP contribution in [-0.4, -0.2) is 70.7 Å². The van der Waals surface area contributed by atoms with Gasteiger partial charge in [-0.2, -0.15) is 10.1 Å². The number of hydrogen-bond acceptors (Lipinski definition) is 8. The fourth-order valence-electron chi connectivity index (χ4n) is 4.84. The van der Waals surface area contributed by atoms with Gasteiger partial charge in [-0.05, 0) is 25.6 Å². The van der Waals surface area contributed by atoms with Crippen LogP contribution in [0, 0.1) is 5.82 Å². The number of likely N-dealkylation sites (N-methyl/N-ethyl adjacent to an activating group) is 1. The summed E-state index contributed by atoms with van der Waals surface area (Å²) in [4.78, 5) is 22.2. The summed E-state index contributed by atoms with van der Waals surface area (Å²) in [5.74, 6) is 0.458. The predicted molar refractivity (Wildman–Crippen MR) is 141 cm³/mol. The lowest BCUT2D eigenvalue weighted by Crippen LogP contribution is -2.45. The highest BCUT2D eigenvalue weighted by Gasteiger charge is 2.30. The Morgan fingerprint density at radius 2 is 2.00 bits per heavy atom. The zero-order chi connectivity index (χ0) is 25.5. The third kappa shape index (κ3) is 4.20. The molecule has 1 saturated heterocycles. The maximum Gasteiger partial charge on any atom is 0.262 e. The van der Waals surface area contributed by atoms with Crippen molar-refractivity contribution in [3.63, 3.8) is 0 Å². The largest absolute Gasteiger partial charge is 0.487 e. The van der Waals surface area contributed by atoms with Crippen LogP contribution >= 0.6 is 0 Å². The molecule has 190 valence electrons. The topological polar surface area (TPSA) is 104 Å².